The Hall–Kier alpha value is -2.17. The molecule has 1 aromatic rings. The first-order chi connectivity index (χ1) is 19.6. The van der Waals surface area contributed by atoms with Crippen LogP contribution in [-0.2, 0) is 24.3 Å². The Morgan fingerprint density at radius 3 is 2.14 bits per heavy atom. The number of piperidine rings is 2. The van der Waals surface area contributed by atoms with Crippen LogP contribution in [-0.4, -0.2) is 90.2 Å². The highest BCUT2D eigenvalue weighted by Gasteiger charge is 2.57. The number of halogens is 1. The van der Waals surface area contributed by atoms with Gasteiger partial charge in [0.1, 0.15) is 11.8 Å². The van der Waals surface area contributed by atoms with E-state index in [4.69, 9.17) is 14.0 Å². The van der Waals surface area contributed by atoms with Gasteiger partial charge in [-0.25, -0.2) is 9.18 Å². The Balaban J connectivity index is 1.26. The molecule has 1 aromatic carbocycles. The van der Waals surface area contributed by atoms with E-state index in [1.54, 1.807) is 4.90 Å². The summed E-state index contributed by atoms with van der Waals surface area (Å²) in [5.74, 6) is 0.137. The molecule has 4 heterocycles. The molecule has 8 nitrogen and oxygen atoms in total. The largest absolute Gasteiger partial charge is 0.494 e. The molecule has 0 aromatic heterocycles. The molecule has 6 rings (SSSR count). The molecule has 4 aliphatic heterocycles. The quantitative estimate of drug-likeness (QED) is 0.486. The zero-order valence-corrected chi connectivity index (χ0v) is 26.4. The van der Waals surface area contributed by atoms with E-state index in [0.29, 0.717) is 44.8 Å². The van der Waals surface area contributed by atoms with Gasteiger partial charge in [-0.1, -0.05) is 12.1 Å². The van der Waals surface area contributed by atoms with E-state index in [1.807, 2.05) is 59.4 Å². The van der Waals surface area contributed by atoms with Crippen molar-refractivity contribution in [3.05, 3.63) is 23.8 Å². The Labute approximate surface area is 250 Å². The number of nitrogens with zero attached hydrogens (tertiary/aromatic N) is 3. The van der Waals surface area contributed by atoms with E-state index < -0.39 is 35.5 Å². The average Bonchev–Trinajstić information content (AvgIpc) is 3.24. The van der Waals surface area contributed by atoms with Gasteiger partial charge in [0.2, 0.25) is 5.91 Å². The standard InChI is InChI=1S/C32H47BFN3O5/c1-29(2,3)40-28(39)36-16-12-32(13-17-36)25-9-8-21(33-41-30(4,5)31(6,7)42-33)18-26(25)37(27(32)38)24-19-23(20-24)35-14-10-22(34)11-15-35/h8-9,18,22-24H,10-17,19-20H2,1-7H3. The molecule has 4 fully saturated rings. The van der Waals surface area contributed by atoms with Crippen LogP contribution in [0.25, 0.3) is 0 Å². The highest BCUT2D eigenvalue weighted by molar-refractivity contribution is 6.62. The third kappa shape index (κ3) is 5.05. The molecule has 1 saturated carbocycles. The summed E-state index contributed by atoms with van der Waals surface area (Å²) in [6.45, 7) is 16.3. The van der Waals surface area contributed by atoms with Gasteiger partial charge < -0.3 is 28.7 Å². The van der Waals surface area contributed by atoms with Gasteiger partial charge in [-0.3, -0.25) is 4.79 Å². The summed E-state index contributed by atoms with van der Waals surface area (Å²) in [6, 6.07) is 6.73. The number of hydrogen-bond acceptors (Lipinski definition) is 6. The third-order valence-electron chi connectivity index (χ3n) is 10.6. The maximum absolute atomic E-state index is 14.5. The predicted molar refractivity (Wildman–Crippen MR) is 161 cm³/mol. The van der Waals surface area contributed by atoms with Crippen molar-refractivity contribution in [3.63, 3.8) is 0 Å². The summed E-state index contributed by atoms with van der Waals surface area (Å²) in [6.07, 6.45) is 3.09. The molecule has 0 N–H and O–H groups in total. The number of anilines is 1. The molecule has 0 bridgehead atoms. The zero-order valence-electron chi connectivity index (χ0n) is 26.4. The molecule has 0 radical (unpaired) electrons. The van der Waals surface area contributed by atoms with Gasteiger partial charge in [0.15, 0.2) is 0 Å². The van der Waals surface area contributed by atoms with Crippen LogP contribution in [0.4, 0.5) is 14.9 Å². The average molecular weight is 584 g/mol. The molecular formula is C32H47BFN3O5. The lowest BCUT2D eigenvalue weighted by Crippen LogP contribution is -2.59. The smallest absolute Gasteiger partial charge is 0.444 e. The SMILES string of the molecule is CC(C)(C)OC(=O)N1CCC2(CC1)C(=O)N(C1CC(N3CCC(F)CC3)C1)c1cc(B3OC(C)(C)C(C)(C)O3)ccc12. The maximum atomic E-state index is 14.5. The molecule has 0 atom stereocenters. The van der Waals surface area contributed by atoms with Crippen molar-refractivity contribution in [1.82, 2.24) is 9.80 Å². The molecule has 3 saturated heterocycles. The minimum absolute atomic E-state index is 0.0983. The van der Waals surface area contributed by atoms with Gasteiger partial charge >= 0.3 is 13.2 Å². The lowest BCUT2D eigenvalue weighted by atomic mass is 9.71. The van der Waals surface area contributed by atoms with Crippen molar-refractivity contribution >= 4 is 30.3 Å². The Morgan fingerprint density at radius 2 is 1.57 bits per heavy atom. The summed E-state index contributed by atoms with van der Waals surface area (Å²) < 4.78 is 32.1. The second kappa shape index (κ2) is 10.2. The van der Waals surface area contributed by atoms with Crippen molar-refractivity contribution in [2.24, 2.45) is 0 Å². The molecule has 10 heteroatoms. The molecule has 2 amide bonds. The first-order valence-corrected chi connectivity index (χ1v) is 15.8. The fourth-order valence-electron chi connectivity index (χ4n) is 7.28. The minimum Gasteiger partial charge on any atom is -0.444 e. The lowest BCUT2D eigenvalue weighted by molar-refractivity contribution is -0.126. The Bertz CT molecular complexity index is 1210. The van der Waals surface area contributed by atoms with Crippen molar-refractivity contribution < 1.29 is 28.0 Å². The highest BCUT2D eigenvalue weighted by Crippen LogP contribution is 2.51. The van der Waals surface area contributed by atoms with Crippen LogP contribution in [0.3, 0.4) is 0 Å². The van der Waals surface area contributed by atoms with Crippen molar-refractivity contribution in [1.29, 1.82) is 0 Å². The summed E-state index contributed by atoms with van der Waals surface area (Å²) >= 11 is 0. The minimum atomic E-state index is -0.691. The second-order valence-corrected chi connectivity index (χ2v) is 15.1. The van der Waals surface area contributed by atoms with Crippen molar-refractivity contribution in [2.75, 3.05) is 31.1 Å². The molecule has 0 unspecified atom stereocenters. The summed E-state index contributed by atoms with van der Waals surface area (Å²) in [7, 11) is -0.515. The van der Waals surface area contributed by atoms with Gasteiger partial charge in [-0.15, -0.1) is 0 Å². The van der Waals surface area contributed by atoms with E-state index >= 15 is 0 Å². The number of benzene rings is 1. The van der Waals surface area contributed by atoms with Crippen LogP contribution < -0.4 is 10.4 Å². The highest BCUT2D eigenvalue weighted by atomic mass is 19.1. The van der Waals surface area contributed by atoms with Crippen LogP contribution >= 0.6 is 0 Å². The van der Waals surface area contributed by atoms with Crippen LogP contribution in [0.15, 0.2) is 18.2 Å². The third-order valence-corrected chi connectivity index (χ3v) is 10.6. The van der Waals surface area contributed by atoms with Crippen LogP contribution in [0.5, 0.6) is 0 Å². The number of carbonyl (C=O) groups is 2. The zero-order chi connectivity index (χ0) is 30.2. The van der Waals surface area contributed by atoms with Gasteiger partial charge in [0.05, 0.1) is 16.6 Å². The fourth-order valence-corrected chi connectivity index (χ4v) is 7.28. The summed E-state index contributed by atoms with van der Waals surface area (Å²) in [4.78, 5) is 33.5. The topological polar surface area (TPSA) is 71.6 Å². The van der Waals surface area contributed by atoms with Crippen molar-refractivity contribution in [3.8, 4) is 0 Å². The summed E-state index contributed by atoms with van der Waals surface area (Å²) in [5, 5.41) is 0. The normalized spacial score (nSPS) is 29.1. The number of hydrogen-bond donors (Lipinski definition) is 0. The van der Waals surface area contributed by atoms with E-state index in [1.165, 1.54) is 0 Å². The maximum Gasteiger partial charge on any atom is 0.494 e. The first kappa shape index (κ1) is 29.9. The number of alkyl halides is 1. The molecule has 42 heavy (non-hydrogen) atoms. The molecule has 1 spiro atoms. The number of carbonyl (C=O) groups excluding carboxylic acids is 2. The van der Waals surface area contributed by atoms with Gasteiger partial charge in [-0.05, 0) is 104 Å². The predicted octanol–water partition coefficient (Wildman–Crippen LogP) is 4.57. The number of ether oxygens (including phenoxy) is 1. The van der Waals surface area contributed by atoms with Crippen LogP contribution in [0, 0.1) is 0 Å². The number of rotatable bonds is 3. The lowest BCUT2D eigenvalue weighted by Gasteiger charge is -2.48. The van der Waals surface area contributed by atoms with Gasteiger partial charge in [0, 0.05) is 44.0 Å². The summed E-state index contributed by atoms with van der Waals surface area (Å²) in [5.41, 5.74) is 0.742. The Morgan fingerprint density at radius 1 is 0.976 bits per heavy atom. The van der Waals surface area contributed by atoms with Gasteiger partial charge in [0.25, 0.3) is 0 Å². The van der Waals surface area contributed by atoms with E-state index in [9.17, 15) is 14.0 Å². The number of likely N-dealkylation sites (tertiary alicyclic amines) is 2. The number of fused-ring (bicyclic) bond motifs is 2. The fraction of sp³-hybridized carbons (Fsp3) is 0.750. The second-order valence-electron chi connectivity index (χ2n) is 15.1. The van der Waals surface area contributed by atoms with Crippen LogP contribution in [0.2, 0.25) is 0 Å². The molecule has 230 valence electrons. The molecule has 5 aliphatic rings. The van der Waals surface area contributed by atoms with Crippen molar-refractivity contribution in [2.45, 2.75) is 127 Å². The van der Waals surface area contributed by atoms with Gasteiger partial charge in [-0.2, -0.15) is 0 Å². The van der Waals surface area contributed by atoms with Crippen LogP contribution in [0.1, 0.15) is 92.6 Å². The molecular weight excluding hydrogens is 536 g/mol. The first-order valence-electron chi connectivity index (χ1n) is 15.8. The molecule has 1 aliphatic carbocycles. The van der Waals surface area contributed by atoms with E-state index in [2.05, 4.69) is 17.0 Å². The monoisotopic (exact) mass is 583 g/mol. The number of amides is 2. The van der Waals surface area contributed by atoms with E-state index in [0.717, 1.165) is 42.6 Å². The Kier molecular flexibility index (Phi) is 7.26. The van der Waals surface area contributed by atoms with E-state index in [-0.39, 0.29) is 18.0 Å².